The highest BCUT2D eigenvalue weighted by atomic mass is 15.1. The molecule has 0 aromatic carbocycles. The highest BCUT2D eigenvalue weighted by molar-refractivity contribution is 5.53. The van der Waals surface area contributed by atoms with E-state index in [0.717, 1.165) is 37.4 Å². The van der Waals surface area contributed by atoms with Gasteiger partial charge in [-0.2, -0.15) is 0 Å². The third kappa shape index (κ3) is 5.07. The first-order chi connectivity index (χ1) is 9.38. The summed E-state index contributed by atoms with van der Waals surface area (Å²) in [7, 11) is 0. The van der Waals surface area contributed by atoms with Gasteiger partial charge in [-0.05, 0) is 38.4 Å². The lowest BCUT2D eigenvalue weighted by Crippen LogP contribution is -2.33. The summed E-state index contributed by atoms with van der Waals surface area (Å²) in [6, 6.07) is 2.14. The number of aromatic nitrogens is 1. The molecule has 0 saturated carbocycles. The van der Waals surface area contributed by atoms with E-state index in [-0.39, 0.29) is 0 Å². The molecule has 0 bridgehead atoms. The summed E-state index contributed by atoms with van der Waals surface area (Å²) in [6.07, 6.45) is 9.03. The summed E-state index contributed by atoms with van der Waals surface area (Å²) >= 11 is 0. The molecule has 0 spiro atoms. The van der Waals surface area contributed by atoms with Crippen LogP contribution in [0.1, 0.15) is 32.6 Å². The zero-order chi connectivity index (χ0) is 13.3. The molecule has 1 aromatic heterocycles. The van der Waals surface area contributed by atoms with Gasteiger partial charge in [-0.15, -0.1) is 0 Å². The van der Waals surface area contributed by atoms with Gasteiger partial charge in [0, 0.05) is 19.6 Å². The van der Waals surface area contributed by atoms with Crippen LogP contribution in [0, 0.1) is 0 Å². The van der Waals surface area contributed by atoms with Crippen molar-refractivity contribution in [2.24, 2.45) is 0 Å². The van der Waals surface area contributed by atoms with Crippen LogP contribution in [0.4, 0.5) is 11.4 Å². The molecule has 2 rings (SSSR count). The largest absolute Gasteiger partial charge is 0.384 e. The fraction of sp³-hybridized carbons (Fsp3) is 0.667. The highest BCUT2D eigenvalue weighted by Gasteiger charge is 2.08. The van der Waals surface area contributed by atoms with Crippen LogP contribution in [-0.2, 0) is 0 Å². The second-order valence-corrected chi connectivity index (χ2v) is 5.22. The maximum Gasteiger partial charge on any atom is 0.0547 e. The van der Waals surface area contributed by atoms with Crippen LogP contribution in [0.15, 0.2) is 18.5 Å². The molecule has 2 heterocycles. The molecular formula is C15H26N4. The molecule has 0 amide bonds. The van der Waals surface area contributed by atoms with Crippen LogP contribution < -0.4 is 10.6 Å². The van der Waals surface area contributed by atoms with Crippen LogP contribution >= 0.6 is 0 Å². The van der Waals surface area contributed by atoms with Crippen molar-refractivity contribution in [3.8, 4) is 0 Å². The van der Waals surface area contributed by atoms with Gasteiger partial charge < -0.3 is 15.5 Å². The van der Waals surface area contributed by atoms with Gasteiger partial charge in [0.15, 0.2) is 0 Å². The number of hydrogen-bond acceptors (Lipinski definition) is 4. The number of likely N-dealkylation sites (tertiary alicyclic amines) is 1. The Morgan fingerprint density at radius 3 is 2.42 bits per heavy atom. The molecule has 0 radical (unpaired) electrons. The van der Waals surface area contributed by atoms with E-state index in [9.17, 15) is 0 Å². The van der Waals surface area contributed by atoms with Crippen LogP contribution in [0.5, 0.6) is 0 Å². The molecule has 0 aliphatic carbocycles. The zero-order valence-electron chi connectivity index (χ0n) is 12.0. The molecule has 2 N–H and O–H groups in total. The van der Waals surface area contributed by atoms with Crippen molar-refractivity contribution < 1.29 is 0 Å². The standard InChI is InChI=1S/C15H26N4/c1-2-6-17-14-11-15(13-16-12-14)18-7-10-19-8-4-3-5-9-19/h11-13,17-18H,2-10H2,1H3. The first-order valence-electron chi connectivity index (χ1n) is 7.53. The third-order valence-corrected chi connectivity index (χ3v) is 3.52. The topological polar surface area (TPSA) is 40.2 Å². The Kier molecular flexibility index (Phi) is 5.95. The Bertz CT molecular complexity index is 361. The summed E-state index contributed by atoms with van der Waals surface area (Å²) in [6.45, 7) is 7.82. The smallest absolute Gasteiger partial charge is 0.0547 e. The predicted molar refractivity (Wildman–Crippen MR) is 81.8 cm³/mol. The van der Waals surface area contributed by atoms with Crippen LogP contribution in [0.25, 0.3) is 0 Å². The van der Waals surface area contributed by atoms with E-state index in [1.54, 1.807) is 0 Å². The summed E-state index contributed by atoms with van der Waals surface area (Å²) in [5.41, 5.74) is 2.21. The minimum absolute atomic E-state index is 0.999. The number of nitrogens with one attached hydrogen (secondary N) is 2. The minimum Gasteiger partial charge on any atom is -0.384 e. The van der Waals surface area contributed by atoms with Crippen molar-refractivity contribution in [2.75, 3.05) is 43.4 Å². The van der Waals surface area contributed by atoms with Crippen molar-refractivity contribution in [3.05, 3.63) is 18.5 Å². The van der Waals surface area contributed by atoms with Gasteiger partial charge in [0.1, 0.15) is 0 Å². The zero-order valence-corrected chi connectivity index (χ0v) is 12.0. The Labute approximate surface area is 116 Å². The van der Waals surface area contributed by atoms with E-state index in [2.05, 4.69) is 33.5 Å². The second-order valence-electron chi connectivity index (χ2n) is 5.22. The number of hydrogen-bond donors (Lipinski definition) is 2. The molecule has 1 saturated heterocycles. The predicted octanol–water partition coefficient (Wildman–Crippen LogP) is 2.80. The van der Waals surface area contributed by atoms with Gasteiger partial charge in [-0.25, -0.2) is 0 Å². The molecule has 0 unspecified atom stereocenters. The van der Waals surface area contributed by atoms with Gasteiger partial charge in [0.2, 0.25) is 0 Å². The van der Waals surface area contributed by atoms with E-state index in [0.29, 0.717) is 0 Å². The number of pyridine rings is 1. The fourth-order valence-corrected chi connectivity index (χ4v) is 2.44. The first kappa shape index (κ1) is 14.1. The molecule has 0 atom stereocenters. The van der Waals surface area contributed by atoms with Crippen molar-refractivity contribution in [2.45, 2.75) is 32.6 Å². The average Bonchev–Trinajstić information content (AvgIpc) is 2.47. The molecule has 1 aliphatic heterocycles. The van der Waals surface area contributed by atoms with E-state index in [1.165, 1.54) is 32.4 Å². The van der Waals surface area contributed by atoms with Gasteiger partial charge >= 0.3 is 0 Å². The lowest BCUT2D eigenvalue weighted by molar-refractivity contribution is 0.237. The number of anilines is 2. The van der Waals surface area contributed by atoms with Crippen LogP contribution in [-0.4, -0.2) is 42.6 Å². The van der Waals surface area contributed by atoms with Crippen molar-refractivity contribution in [1.29, 1.82) is 0 Å². The summed E-state index contributed by atoms with van der Waals surface area (Å²) in [5.74, 6) is 0. The lowest BCUT2D eigenvalue weighted by atomic mass is 10.1. The molecule has 106 valence electrons. The Morgan fingerprint density at radius 2 is 1.74 bits per heavy atom. The minimum atomic E-state index is 0.999. The van der Waals surface area contributed by atoms with Gasteiger partial charge in [0.25, 0.3) is 0 Å². The Balaban J connectivity index is 1.72. The number of nitrogens with zero attached hydrogens (tertiary/aromatic N) is 2. The second kappa shape index (κ2) is 8.00. The molecule has 1 fully saturated rings. The summed E-state index contributed by atoms with van der Waals surface area (Å²) in [5, 5.41) is 6.83. The number of rotatable bonds is 7. The summed E-state index contributed by atoms with van der Waals surface area (Å²) < 4.78 is 0. The molecule has 1 aliphatic rings. The molecule has 19 heavy (non-hydrogen) atoms. The third-order valence-electron chi connectivity index (χ3n) is 3.52. The van der Waals surface area contributed by atoms with Crippen LogP contribution in [0.3, 0.4) is 0 Å². The molecule has 4 heteroatoms. The molecular weight excluding hydrogens is 236 g/mol. The highest BCUT2D eigenvalue weighted by Crippen LogP contribution is 2.13. The SMILES string of the molecule is CCCNc1cncc(NCCN2CCCCC2)c1. The Morgan fingerprint density at radius 1 is 1.05 bits per heavy atom. The summed E-state index contributed by atoms with van der Waals surface area (Å²) in [4.78, 5) is 6.81. The van der Waals surface area contributed by atoms with Crippen molar-refractivity contribution in [1.82, 2.24) is 9.88 Å². The van der Waals surface area contributed by atoms with E-state index >= 15 is 0 Å². The average molecular weight is 262 g/mol. The molecule has 1 aromatic rings. The van der Waals surface area contributed by atoms with Gasteiger partial charge in [-0.1, -0.05) is 13.3 Å². The first-order valence-corrected chi connectivity index (χ1v) is 7.53. The maximum atomic E-state index is 4.26. The van der Waals surface area contributed by atoms with Gasteiger partial charge in [0.05, 0.1) is 23.8 Å². The van der Waals surface area contributed by atoms with E-state index < -0.39 is 0 Å². The fourth-order valence-electron chi connectivity index (χ4n) is 2.44. The maximum absolute atomic E-state index is 4.26. The van der Waals surface area contributed by atoms with E-state index in [1.807, 2.05) is 12.4 Å². The van der Waals surface area contributed by atoms with E-state index in [4.69, 9.17) is 0 Å². The van der Waals surface area contributed by atoms with Crippen molar-refractivity contribution in [3.63, 3.8) is 0 Å². The quantitative estimate of drug-likeness (QED) is 0.793. The monoisotopic (exact) mass is 262 g/mol. The van der Waals surface area contributed by atoms with Crippen molar-refractivity contribution >= 4 is 11.4 Å². The molecule has 4 nitrogen and oxygen atoms in total. The Hall–Kier alpha value is -1.29. The number of piperidine rings is 1. The lowest BCUT2D eigenvalue weighted by Gasteiger charge is -2.26. The normalized spacial score (nSPS) is 16.3. The van der Waals surface area contributed by atoms with Gasteiger partial charge in [-0.3, -0.25) is 4.98 Å². The van der Waals surface area contributed by atoms with Crippen LogP contribution in [0.2, 0.25) is 0 Å².